The van der Waals surface area contributed by atoms with Crippen molar-refractivity contribution in [2.75, 3.05) is 8.86 Å². The summed E-state index contributed by atoms with van der Waals surface area (Å²) in [4.78, 5) is 0. The molecule has 15 heavy (non-hydrogen) atoms. The summed E-state index contributed by atoms with van der Waals surface area (Å²) < 4.78 is 2.45. The average molecular weight is 426 g/mol. The summed E-state index contributed by atoms with van der Waals surface area (Å²) in [5.74, 6) is 5.28. The summed E-state index contributed by atoms with van der Waals surface area (Å²) >= 11 is 2.33. The van der Waals surface area contributed by atoms with Crippen LogP contribution in [0.1, 0.15) is 19.8 Å². The molecule has 0 fully saturated rings. The minimum absolute atomic E-state index is 0.0482. The van der Waals surface area contributed by atoms with Crippen LogP contribution in [0.2, 0.25) is 0 Å². The molecule has 1 nitrogen and oxygen atoms in total. The van der Waals surface area contributed by atoms with Crippen molar-refractivity contribution < 1.29 is 21.2 Å². The Balaban J connectivity index is 3.62. The van der Waals surface area contributed by atoms with Crippen LogP contribution in [0, 0.1) is 41.4 Å². The van der Waals surface area contributed by atoms with E-state index in [1.54, 1.807) is 0 Å². The van der Waals surface area contributed by atoms with Gasteiger partial charge >= 0.3 is 118 Å². The first-order valence-electron chi connectivity index (χ1n) is 4.60. The Bertz CT molecular complexity index is 289. The van der Waals surface area contributed by atoms with Gasteiger partial charge in [0.2, 0.25) is 0 Å². The number of halogens is 2. The molecule has 0 aromatic carbocycles. The zero-order valence-electron chi connectivity index (χ0n) is 8.76. The van der Waals surface area contributed by atoms with Crippen LogP contribution in [-0.2, 0) is 0 Å². The first-order chi connectivity index (χ1) is 7.08. The molecule has 0 aromatic rings. The normalized spacial score (nSPS) is 15.7. The third-order valence-electron chi connectivity index (χ3n) is 1.83. The second-order valence-corrected chi connectivity index (χ2v) is 7.80. The number of nitriles is 1. The van der Waals surface area contributed by atoms with Crippen LogP contribution in [-0.4, -0.2) is 12.8 Å². The van der Waals surface area contributed by atoms with E-state index in [4.69, 9.17) is 18.1 Å². The van der Waals surface area contributed by atoms with Crippen molar-refractivity contribution >= 4 is 22.6 Å². The Morgan fingerprint density at radius 1 is 1.53 bits per heavy atom. The number of nitrogens with zero attached hydrogens (tertiary/aromatic N) is 1. The molecule has 0 rings (SSSR count). The zero-order chi connectivity index (χ0) is 11.7. The molecule has 0 bridgehead atoms. The van der Waals surface area contributed by atoms with Crippen molar-refractivity contribution in [3.05, 3.63) is 0 Å². The van der Waals surface area contributed by atoms with Crippen LogP contribution in [0.25, 0.3) is 0 Å². The fourth-order valence-corrected chi connectivity index (χ4v) is 4.06. The SMILES string of the molecule is C#CC(I)CCC[I-]CC(C)(C#C)C#N. The van der Waals surface area contributed by atoms with Gasteiger partial charge in [-0.05, 0) is 0 Å². The van der Waals surface area contributed by atoms with Gasteiger partial charge in [0.1, 0.15) is 0 Å². The number of terminal acetylenes is 2. The average Bonchev–Trinajstić information content (AvgIpc) is 2.27. The van der Waals surface area contributed by atoms with Crippen molar-refractivity contribution in [3.8, 4) is 30.8 Å². The van der Waals surface area contributed by atoms with Crippen molar-refractivity contribution in [2.24, 2.45) is 5.41 Å². The number of hydrogen-bond donors (Lipinski definition) is 0. The van der Waals surface area contributed by atoms with E-state index in [2.05, 4.69) is 40.5 Å². The Morgan fingerprint density at radius 2 is 2.20 bits per heavy atom. The van der Waals surface area contributed by atoms with Gasteiger partial charge < -0.3 is 0 Å². The van der Waals surface area contributed by atoms with Crippen LogP contribution in [0.15, 0.2) is 0 Å². The molecule has 0 saturated heterocycles. The topological polar surface area (TPSA) is 23.8 Å². The fourth-order valence-electron chi connectivity index (χ4n) is 0.791. The first-order valence-corrected chi connectivity index (χ1v) is 8.90. The number of alkyl halides is 3. The van der Waals surface area contributed by atoms with Crippen molar-refractivity contribution in [3.63, 3.8) is 0 Å². The molecule has 0 N–H and O–H groups in total. The predicted molar refractivity (Wildman–Crippen MR) is 68.2 cm³/mol. The van der Waals surface area contributed by atoms with Crippen LogP contribution >= 0.6 is 22.6 Å². The molecule has 0 aromatic heterocycles. The van der Waals surface area contributed by atoms with Crippen molar-refractivity contribution in [2.45, 2.75) is 23.7 Å². The van der Waals surface area contributed by atoms with Gasteiger partial charge in [-0.3, -0.25) is 0 Å². The second kappa shape index (κ2) is 8.25. The van der Waals surface area contributed by atoms with Crippen molar-refractivity contribution in [1.82, 2.24) is 0 Å². The number of hydrogen-bond acceptors (Lipinski definition) is 1. The van der Waals surface area contributed by atoms with Gasteiger partial charge in [-0.1, -0.05) is 0 Å². The molecule has 0 spiro atoms. The third-order valence-corrected chi connectivity index (χ3v) is 6.41. The molecule has 0 heterocycles. The van der Waals surface area contributed by atoms with E-state index in [1.807, 2.05) is 6.92 Å². The van der Waals surface area contributed by atoms with Crippen LogP contribution < -0.4 is 21.2 Å². The molecular weight excluding hydrogens is 412 g/mol. The van der Waals surface area contributed by atoms with Gasteiger partial charge in [0.15, 0.2) is 0 Å². The van der Waals surface area contributed by atoms with E-state index in [1.165, 1.54) is 4.43 Å². The van der Waals surface area contributed by atoms with Gasteiger partial charge in [0.05, 0.1) is 0 Å². The maximum absolute atomic E-state index is 8.87. The zero-order valence-corrected chi connectivity index (χ0v) is 13.1. The summed E-state index contributed by atoms with van der Waals surface area (Å²) in [6.07, 6.45) is 12.8. The predicted octanol–water partition coefficient (Wildman–Crippen LogP) is -0.545. The Kier molecular flexibility index (Phi) is 8.29. The Labute approximate surface area is 117 Å². The van der Waals surface area contributed by atoms with E-state index < -0.39 is 5.41 Å². The monoisotopic (exact) mass is 426 g/mol. The van der Waals surface area contributed by atoms with E-state index >= 15 is 0 Å². The molecule has 0 aliphatic heterocycles. The molecular formula is C12H14I2N-. The molecule has 0 aliphatic carbocycles. The van der Waals surface area contributed by atoms with Crippen molar-refractivity contribution in [1.29, 1.82) is 5.26 Å². The molecule has 0 radical (unpaired) electrons. The summed E-state index contributed by atoms with van der Waals surface area (Å²) in [5.41, 5.74) is -0.539. The fraction of sp³-hybridized carbons (Fsp3) is 0.583. The molecule has 0 aliphatic rings. The molecule has 82 valence electrons. The minimum atomic E-state index is -0.539. The first kappa shape index (κ1) is 15.1. The summed E-state index contributed by atoms with van der Waals surface area (Å²) in [5, 5.41) is 8.87. The molecule has 2 atom stereocenters. The van der Waals surface area contributed by atoms with Crippen LogP contribution in [0.4, 0.5) is 0 Å². The quantitative estimate of drug-likeness (QED) is 0.242. The maximum atomic E-state index is 8.87. The molecule has 0 saturated carbocycles. The van der Waals surface area contributed by atoms with E-state index in [-0.39, 0.29) is 21.2 Å². The van der Waals surface area contributed by atoms with Gasteiger partial charge in [-0.15, -0.1) is 0 Å². The Morgan fingerprint density at radius 3 is 2.67 bits per heavy atom. The van der Waals surface area contributed by atoms with E-state index in [0.717, 1.165) is 17.3 Å². The van der Waals surface area contributed by atoms with Gasteiger partial charge in [0, 0.05) is 0 Å². The van der Waals surface area contributed by atoms with E-state index in [9.17, 15) is 0 Å². The Hall–Kier alpha value is 0.0700. The van der Waals surface area contributed by atoms with Crippen LogP contribution in [0.5, 0.6) is 0 Å². The van der Waals surface area contributed by atoms with Gasteiger partial charge in [-0.2, -0.15) is 0 Å². The molecule has 3 heteroatoms. The second-order valence-electron chi connectivity index (χ2n) is 3.38. The van der Waals surface area contributed by atoms with Gasteiger partial charge in [-0.25, -0.2) is 0 Å². The standard InChI is InChI=1S/C12H14I2N/c1-4-11(13)7-6-8-14-9-12(3,5-2)10-15/h1-2,11H,6-9H2,3H3/q-1. The summed E-state index contributed by atoms with van der Waals surface area (Å²) in [6.45, 7) is 1.84. The van der Waals surface area contributed by atoms with Crippen LogP contribution in [0.3, 0.4) is 0 Å². The van der Waals surface area contributed by atoms with Gasteiger partial charge in [0.25, 0.3) is 0 Å². The number of rotatable bonds is 6. The third kappa shape index (κ3) is 7.03. The van der Waals surface area contributed by atoms with E-state index in [0.29, 0.717) is 3.92 Å². The molecule has 0 amide bonds. The summed E-state index contributed by atoms with van der Waals surface area (Å²) in [7, 11) is 0. The summed E-state index contributed by atoms with van der Waals surface area (Å²) in [6, 6.07) is 2.20. The molecule has 2 unspecified atom stereocenters.